The largest absolute Gasteiger partial charge is 0.497 e. The van der Waals surface area contributed by atoms with Gasteiger partial charge in [0, 0.05) is 29.2 Å². The van der Waals surface area contributed by atoms with Crippen molar-refractivity contribution in [2.24, 2.45) is 0 Å². The molecule has 2 rings (SSSR count). The van der Waals surface area contributed by atoms with Crippen LogP contribution in [0.5, 0.6) is 5.75 Å². The van der Waals surface area contributed by atoms with Crippen LogP contribution < -0.4 is 10.1 Å². The third-order valence-corrected chi connectivity index (χ3v) is 3.57. The first-order valence-corrected chi connectivity index (χ1v) is 6.80. The van der Waals surface area contributed by atoms with Gasteiger partial charge < -0.3 is 10.1 Å². The van der Waals surface area contributed by atoms with E-state index in [-0.39, 0.29) is 11.9 Å². The number of nitrogens with one attached hydrogen (secondary N) is 1. The number of rotatable bonds is 5. The highest BCUT2D eigenvalue weighted by Gasteiger charge is 2.10. The van der Waals surface area contributed by atoms with E-state index >= 15 is 0 Å². The van der Waals surface area contributed by atoms with Gasteiger partial charge in [0.1, 0.15) is 11.6 Å². The van der Waals surface area contributed by atoms with E-state index in [0.717, 1.165) is 5.56 Å². The fourth-order valence-corrected chi connectivity index (χ4v) is 2.30. The van der Waals surface area contributed by atoms with Crippen molar-refractivity contribution in [2.75, 3.05) is 7.11 Å². The summed E-state index contributed by atoms with van der Waals surface area (Å²) in [7, 11) is 1.52. The second-order valence-corrected chi connectivity index (χ2v) is 4.99. The van der Waals surface area contributed by atoms with Crippen LogP contribution in [0.4, 0.5) is 4.39 Å². The molecule has 20 heavy (non-hydrogen) atoms. The van der Waals surface area contributed by atoms with Crippen LogP contribution in [0.2, 0.25) is 5.02 Å². The normalized spacial score (nSPS) is 12.2. The number of methoxy groups -OCH3 is 1. The second kappa shape index (κ2) is 6.73. The summed E-state index contributed by atoms with van der Waals surface area (Å²) in [6.45, 7) is 2.44. The molecule has 0 unspecified atom stereocenters. The molecule has 4 heteroatoms. The van der Waals surface area contributed by atoms with Gasteiger partial charge in [0.05, 0.1) is 7.11 Å². The molecular weight excluding hydrogens is 277 g/mol. The summed E-state index contributed by atoms with van der Waals surface area (Å²) in [5.74, 6) is 0.244. The number of ether oxygens (including phenoxy) is 1. The molecule has 0 aliphatic carbocycles. The highest BCUT2D eigenvalue weighted by Crippen LogP contribution is 2.23. The third-order valence-electron chi connectivity index (χ3n) is 3.23. The van der Waals surface area contributed by atoms with Crippen molar-refractivity contribution in [3.8, 4) is 5.75 Å². The van der Waals surface area contributed by atoms with Crippen LogP contribution in [-0.2, 0) is 6.54 Å². The molecule has 2 aromatic rings. The maximum atomic E-state index is 13.8. The number of hydrogen-bond acceptors (Lipinski definition) is 2. The first-order valence-electron chi connectivity index (χ1n) is 6.42. The van der Waals surface area contributed by atoms with Gasteiger partial charge in [-0.2, -0.15) is 0 Å². The van der Waals surface area contributed by atoms with Gasteiger partial charge >= 0.3 is 0 Å². The van der Waals surface area contributed by atoms with Gasteiger partial charge in [-0.25, -0.2) is 4.39 Å². The van der Waals surface area contributed by atoms with Gasteiger partial charge in [-0.15, -0.1) is 0 Å². The maximum Gasteiger partial charge on any atom is 0.131 e. The first kappa shape index (κ1) is 14.8. The van der Waals surface area contributed by atoms with Crippen LogP contribution in [0.3, 0.4) is 0 Å². The highest BCUT2D eigenvalue weighted by molar-refractivity contribution is 6.31. The minimum atomic E-state index is -0.275. The lowest BCUT2D eigenvalue weighted by molar-refractivity contribution is 0.410. The smallest absolute Gasteiger partial charge is 0.131 e. The molecule has 0 fully saturated rings. The molecule has 0 saturated heterocycles. The van der Waals surface area contributed by atoms with Crippen LogP contribution in [0.1, 0.15) is 24.1 Å². The van der Waals surface area contributed by atoms with Crippen molar-refractivity contribution in [2.45, 2.75) is 19.5 Å². The van der Waals surface area contributed by atoms with Crippen molar-refractivity contribution < 1.29 is 9.13 Å². The van der Waals surface area contributed by atoms with Crippen molar-refractivity contribution in [3.63, 3.8) is 0 Å². The third kappa shape index (κ3) is 3.50. The maximum absolute atomic E-state index is 13.8. The van der Waals surface area contributed by atoms with E-state index in [0.29, 0.717) is 22.9 Å². The topological polar surface area (TPSA) is 21.3 Å². The molecular formula is C16H17ClFNO. The lowest BCUT2D eigenvalue weighted by Crippen LogP contribution is -2.19. The average Bonchev–Trinajstić information content (AvgIpc) is 2.46. The predicted octanol–water partition coefficient (Wildman–Crippen LogP) is 4.34. The molecule has 0 radical (unpaired) electrons. The van der Waals surface area contributed by atoms with Crippen LogP contribution >= 0.6 is 11.6 Å². The van der Waals surface area contributed by atoms with Gasteiger partial charge in [0.25, 0.3) is 0 Å². The Kier molecular flexibility index (Phi) is 4.99. The van der Waals surface area contributed by atoms with Gasteiger partial charge in [0.15, 0.2) is 0 Å². The van der Waals surface area contributed by atoms with Crippen LogP contribution in [0.15, 0.2) is 42.5 Å². The zero-order chi connectivity index (χ0) is 14.5. The fourth-order valence-electron chi connectivity index (χ4n) is 2.00. The molecule has 0 aliphatic rings. The Morgan fingerprint density at radius 2 is 2.00 bits per heavy atom. The minimum Gasteiger partial charge on any atom is -0.497 e. The summed E-state index contributed by atoms with van der Waals surface area (Å²) in [5.41, 5.74) is 1.60. The van der Waals surface area contributed by atoms with E-state index in [9.17, 15) is 4.39 Å². The number of halogens is 2. The molecule has 2 aromatic carbocycles. The Balaban J connectivity index is 2.04. The summed E-state index contributed by atoms with van der Waals surface area (Å²) < 4.78 is 18.8. The molecule has 2 nitrogen and oxygen atoms in total. The minimum absolute atomic E-state index is 0.0465. The lowest BCUT2D eigenvalue weighted by atomic mass is 10.1. The Hall–Kier alpha value is -1.58. The van der Waals surface area contributed by atoms with Gasteiger partial charge in [-0.3, -0.25) is 0 Å². The summed E-state index contributed by atoms with van der Waals surface area (Å²) in [4.78, 5) is 0. The van der Waals surface area contributed by atoms with Crippen LogP contribution in [0.25, 0.3) is 0 Å². The molecule has 1 atom stereocenters. The Morgan fingerprint density at radius 1 is 1.25 bits per heavy atom. The summed E-state index contributed by atoms with van der Waals surface area (Å²) in [6, 6.07) is 12.5. The lowest BCUT2D eigenvalue weighted by Gasteiger charge is -2.16. The molecule has 0 aromatic heterocycles. The summed E-state index contributed by atoms with van der Waals surface area (Å²) in [6.07, 6.45) is 0. The highest BCUT2D eigenvalue weighted by atomic mass is 35.5. The molecule has 0 heterocycles. The van der Waals surface area contributed by atoms with Crippen molar-refractivity contribution in [1.82, 2.24) is 5.32 Å². The first-order chi connectivity index (χ1) is 9.61. The SMILES string of the molecule is COc1ccc(CN[C@H](C)c2ccccc2Cl)c(F)c1. The zero-order valence-electron chi connectivity index (χ0n) is 11.5. The molecule has 1 N–H and O–H groups in total. The van der Waals surface area contributed by atoms with Crippen molar-refractivity contribution in [3.05, 3.63) is 64.4 Å². The summed E-state index contributed by atoms with van der Waals surface area (Å²) >= 11 is 6.14. The molecule has 0 amide bonds. The predicted molar refractivity (Wildman–Crippen MR) is 79.7 cm³/mol. The van der Waals surface area contributed by atoms with E-state index in [2.05, 4.69) is 5.32 Å². The Labute approximate surface area is 123 Å². The van der Waals surface area contributed by atoms with E-state index in [1.807, 2.05) is 31.2 Å². The molecule has 0 bridgehead atoms. The fraction of sp³-hybridized carbons (Fsp3) is 0.250. The van der Waals surface area contributed by atoms with E-state index in [1.54, 1.807) is 12.1 Å². The zero-order valence-corrected chi connectivity index (χ0v) is 12.2. The van der Waals surface area contributed by atoms with Gasteiger partial charge in [0.2, 0.25) is 0 Å². The Morgan fingerprint density at radius 3 is 2.65 bits per heavy atom. The summed E-state index contributed by atoms with van der Waals surface area (Å²) in [5, 5.41) is 3.98. The van der Waals surface area contributed by atoms with Crippen LogP contribution in [-0.4, -0.2) is 7.11 Å². The standard InChI is InChI=1S/C16H17ClFNO/c1-11(14-5-3-4-6-15(14)17)19-10-12-7-8-13(20-2)9-16(12)18/h3-9,11,19H,10H2,1-2H3/t11-/m1/s1. The van der Waals surface area contributed by atoms with E-state index in [4.69, 9.17) is 16.3 Å². The van der Waals surface area contributed by atoms with Crippen LogP contribution in [0, 0.1) is 5.82 Å². The molecule has 0 saturated carbocycles. The average molecular weight is 294 g/mol. The van der Waals surface area contributed by atoms with Gasteiger partial charge in [-0.1, -0.05) is 35.9 Å². The number of benzene rings is 2. The monoisotopic (exact) mass is 293 g/mol. The van der Waals surface area contributed by atoms with E-state index < -0.39 is 0 Å². The second-order valence-electron chi connectivity index (χ2n) is 4.58. The van der Waals surface area contributed by atoms with Gasteiger partial charge in [-0.05, 0) is 24.6 Å². The van der Waals surface area contributed by atoms with Crippen molar-refractivity contribution in [1.29, 1.82) is 0 Å². The molecule has 0 aliphatic heterocycles. The quantitative estimate of drug-likeness (QED) is 0.885. The Bertz CT molecular complexity index is 588. The number of hydrogen-bond donors (Lipinski definition) is 1. The molecule has 0 spiro atoms. The van der Waals surface area contributed by atoms with Crippen molar-refractivity contribution >= 4 is 11.6 Å². The van der Waals surface area contributed by atoms with E-state index in [1.165, 1.54) is 13.2 Å². The molecule has 106 valence electrons.